The molecule has 1 aliphatic rings. The van der Waals surface area contributed by atoms with E-state index in [-0.39, 0.29) is 0 Å². The quantitative estimate of drug-likeness (QED) is 0.592. The molecular weight excluding hydrogens is 342 g/mol. The van der Waals surface area contributed by atoms with Gasteiger partial charge in [0.2, 0.25) is 0 Å². The average Bonchev–Trinajstić information content (AvgIpc) is 2.72. The topological polar surface area (TPSA) is 12.5 Å². The van der Waals surface area contributed by atoms with Crippen LogP contribution in [0, 0.1) is 11.8 Å². The molecule has 0 N–H and O–H groups in total. The third-order valence-electron chi connectivity index (χ3n) is 6.19. The smallest absolute Gasteiger partial charge is 0.119 e. The summed E-state index contributed by atoms with van der Waals surface area (Å²) in [5, 5.41) is 2.62. The first kappa shape index (κ1) is 22.5. The summed E-state index contributed by atoms with van der Waals surface area (Å²) in [5.41, 5.74) is 1.40. The number of likely N-dealkylation sites (tertiary alicyclic amines) is 1. The summed E-state index contributed by atoms with van der Waals surface area (Å²) in [4.78, 5) is 2.69. The van der Waals surface area contributed by atoms with Gasteiger partial charge in [-0.3, -0.25) is 4.90 Å². The Bertz CT molecular complexity index is 776. The maximum Gasteiger partial charge on any atom is 0.119 e. The Morgan fingerprint density at radius 2 is 2.14 bits per heavy atom. The SMILES string of the molecule is C=CC1CN(C(CC)CC(/C=C\C)=c2\cc(OC)cc\c2=C/CC)CCC1C. The molecule has 0 spiro atoms. The number of piperidine rings is 1. The normalized spacial score (nSPS) is 23.7. The Morgan fingerprint density at radius 1 is 1.36 bits per heavy atom. The van der Waals surface area contributed by atoms with Gasteiger partial charge in [-0.2, -0.15) is 0 Å². The summed E-state index contributed by atoms with van der Waals surface area (Å²) in [6.45, 7) is 15.4. The monoisotopic (exact) mass is 381 g/mol. The number of hydrogen-bond donors (Lipinski definition) is 0. The molecule has 0 radical (unpaired) electrons. The molecule has 1 aliphatic heterocycles. The average molecular weight is 382 g/mol. The van der Waals surface area contributed by atoms with E-state index in [2.05, 4.69) is 81.7 Å². The van der Waals surface area contributed by atoms with E-state index in [0.29, 0.717) is 12.0 Å². The van der Waals surface area contributed by atoms with Crippen molar-refractivity contribution in [3.8, 4) is 5.75 Å². The van der Waals surface area contributed by atoms with Crippen LogP contribution in [0.4, 0.5) is 0 Å². The van der Waals surface area contributed by atoms with Crippen LogP contribution in [0.2, 0.25) is 0 Å². The maximum atomic E-state index is 5.53. The van der Waals surface area contributed by atoms with E-state index in [0.717, 1.165) is 37.5 Å². The van der Waals surface area contributed by atoms with E-state index in [1.807, 2.05) is 0 Å². The lowest BCUT2D eigenvalue weighted by Crippen LogP contribution is -2.45. The van der Waals surface area contributed by atoms with Crippen LogP contribution in [-0.4, -0.2) is 31.1 Å². The molecule has 0 aromatic heterocycles. The standard InChI is InChI=1S/C26H39NO/c1-7-11-22-13-14-25(28-6)18-26(22)23(12-8-2)17-24(10-4)27-16-15-20(5)21(9-3)19-27/h8-9,11-14,18,20-21,24H,3,7,10,15-17,19H2,1-2,4-6H3/b12-8-,22-11+,26-23+. The summed E-state index contributed by atoms with van der Waals surface area (Å²) in [6, 6.07) is 7.02. The Hall–Kier alpha value is -1.80. The molecule has 0 saturated carbocycles. The Balaban J connectivity index is 2.45. The first-order valence-corrected chi connectivity index (χ1v) is 10.9. The molecule has 1 fully saturated rings. The lowest BCUT2D eigenvalue weighted by atomic mass is 9.85. The third kappa shape index (κ3) is 5.61. The van der Waals surface area contributed by atoms with Crippen molar-refractivity contribution in [3.05, 3.63) is 53.4 Å². The Kier molecular flexibility index (Phi) is 9.05. The van der Waals surface area contributed by atoms with Crippen molar-refractivity contribution >= 4 is 11.6 Å². The van der Waals surface area contributed by atoms with Crippen LogP contribution in [-0.2, 0) is 0 Å². The zero-order chi connectivity index (χ0) is 20.5. The fourth-order valence-electron chi connectivity index (χ4n) is 4.36. The number of ether oxygens (including phenoxy) is 1. The molecule has 1 heterocycles. The highest BCUT2D eigenvalue weighted by Crippen LogP contribution is 2.28. The molecule has 0 amide bonds. The van der Waals surface area contributed by atoms with Gasteiger partial charge in [-0.25, -0.2) is 0 Å². The van der Waals surface area contributed by atoms with Crippen LogP contribution >= 0.6 is 0 Å². The lowest BCUT2D eigenvalue weighted by Gasteiger charge is -2.40. The van der Waals surface area contributed by atoms with Gasteiger partial charge in [0.05, 0.1) is 7.11 Å². The number of benzene rings is 1. The number of nitrogens with zero attached hydrogens (tertiary/aromatic N) is 1. The van der Waals surface area contributed by atoms with Gasteiger partial charge in [-0.1, -0.05) is 51.1 Å². The minimum atomic E-state index is 0.557. The number of rotatable bonds is 8. The summed E-state index contributed by atoms with van der Waals surface area (Å²) >= 11 is 0. The van der Waals surface area contributed by atoms with Crippen LogP contribution in [0.3, 0.4) is 0 Å². The van der Waals surface area contributed by atoms with Crippen molar-refractivity contribution in [1.29, 1.82) is 0 Å². The Morgan fingerprint density at radius 3 is 2.75 bits per heavy atom. The van der Waals surface area contributed by atoms with Crippen molar-refractivity contribution in [2.75, 3.05) is 20.2 Å². The van der Waals surface area contributed by atoms with Crippen LogP contribution in [0.15, 0.2) is 43.0 Å². The number of hydrogen-bond acceptors (Lipinski definition) is 2. The van der Waals surface area contributed by atoms with Gasteiger partial charge in [-0.05, 0) is 79.1 Å². The molecule has 2 nitrogen and oxygen atoms in total. The first-order valence-electron chi connectivity index (χ1n) is 10.9. The molecule has 3 unspecified atom stereocenters. The van der Waals surface area contributed by atoms with Crippen molar-refractivity contribution < 1.29 is 4.74 Å². The van der Waals surface area contributed by atoms with Gasteiger partial charge >= 0.3 is 0 Å². The highest BCUT2D eigenvalue weighted by Gasteiger charge is 2.28. The molecular formula is C26H39NO. The predicted molar refractivity (Wildman–Crippen MR) is 123 cm³/mol. The van der Waals surface area contributed by atoms with Crippen LogP contribution in [0.5, 0.6) is 5.75 Å². The number of methoxy groups -OCH3 is 1. The molecule has 1 aromatic rings. The Labute approximate surface area is 172 Å². The van der Waals surface area contributed by atoms with E-state index < -0.39 is 0 Å². The molecule has 0 aliphatic carbocycles. The summed E-state index contributed by atoms with van der Waals surface area (Å²) in [5.74, 6) is 2.28. The highest BCUT2D eigenvalue weighted by atomic mass is 16.5. The second-order valence-electron chi connectivity index (χ2n) is 8.02. The van der Waals surface area contributed by atoms with Gasteiger partial charge in [0.15, 0.2) is 0 Å². The van der Waals surface area contributed by atoms with E-state index in [1.165, 1.54) is 29.0 Å². The van der Waals surface area contributed by atoms with E-state index in [1.54, 1.807) is 7.11 Å². The van der Waals surface area contributed by atoms with E-state index >= 15 is 0 Å². The molecule has 1 saturated heterocycles. The lowest BCUT2D eigenvalue weighted by molar-refractivity contribution is 0.107. The fraction of sp³-hybridized carbons (Fsp3) is 0.538. The summed E-state index contributed by atoms with van der Waals surface area (Å²) in [7, 11) is 1.75. The molecule has 1 aromatic carbocycles. The van der Waals surface area contributed by atoms with Crippen molar-refractivity contribution in [2.24, 2.45) is 11.8 Å². The second kappa shape index (κ2) is 11.3. The van der Waals surface area contributed by atoms with Crippen molar-refractivity contribution in [1.82, 2.24) is 4.90 Å². The number of allylic oxidation sites excluding steroid dienone is 2. The summed E-state index contributed by atoms with van der Waals surface area (Å²) < 4.78 is 5.53. The summed E-state index contributed by atoms with van der Waals surface area (Å²) in [6.07, 6.45) is 13.5. The maximum absolute atomic E-state index is 5.53. The van der Waals surface area contributed by atoms with E-state index in [9.17, 15) is 0 Å². The minimum Gasteiger partial charge on any atom is -0.497 e. The molecule has 0 bridgehead atoms. The van der Waals surface area contributed by atoms with Gasteiger partial charge in [0.1, 0.15) is 5.75 Å². The van der Waals surface area contributed by atoms with Gasteiger partial charge in [-0.15, -0.1) is 6.58 Å². The molecule has 3 atom stereocenters. The van der Waals surface area contributed by atoms with Crippen molar-refractivity contribution in [2.45, 2.75) is 59.4 Å². The molecule has 2 heteroatoms. The fourth-order valence-corrected chi connectivity index (χ4v) is 4.36. The molecule has 154 valence electrons. The van der Waals surface area contributed by atoms with Crippen LogP contribution in [0.25, 0.3) is 11.6 Å². The largest absolute Gasteiger partial charge is 0.497 e. The first-order chi connectivity index (χ1) is 13.6. The molecule has 28 heavy (non-hydrogen) atoms. The predicted octanol–water partition coefficient (Wildman–Crippen LogP) is 4.93. The zero-order valence-corrected chi connectivity index (χ0v) is 18.6. The van der Waals surface area contributed by atoms with Gasteiger partial charge < -0.3 is 4.74 Å². The zero-order valence-electron chi connectivity index (χ0n) is 18.6. The minimum absolute atomic E-state index is 0.557. The van der Waals surface area contributed by atoms with E-state index in [4.69, 9.17) is 4.74 Å². The molecule has 2 rings (SSSR count). The second-order valence-corrected chi connectivity index (χ2v) is 8.02. The third-order valence-corrected chi connectivity index (χ3v) is 6.19. The van der Waals surface area contributed by atoms with Crippen LogP contribution in [0.1, 0.15) is 53.4 Å². The van der Waals surface area contributed by atoms with Gasteiger partial charge in [0.25, 0.3) is 0 Å². The van der Waals surface area contributed by atoms with Gasteiger partial charge in [0, 0.05) is 12.6 Å². The highest BCUT2D eigenvalue weighted by molar-refractivity contribution is 5.58. The van der Waals surface area contributed by atoms with Crippen molar-refractivity contribution in [3.63, 3.8) is 0 Å². The van der Waals surface area contributed by atoms with Crippen LogP contribution < -0.4 is 15.2 Å².